The molecule has 2 N–H and O–H groups in total. The summed E-state index contributed by atoms with van der Waals surface area (Å²) in [4.78, 5) is 34.0. The first-order valence-electron chi connectivity index (χ1n) is 12.4. The second-order valence-electron chi connectivity index (χ2n) is 9.49. The molecule has 36 heavy (non-hydrogen) atoms. The molecule has 186 valence electrons. The van der Waals surface area contributed by atoms with Crippen molar-refractivity contribution in [2.45, 2.75) is 44.2 Å². The van der Waals surface area contributed by atoms with Crippen LogP contribution in [0.5, 0.6) is 11.5 Å². The van der Waals surface area contributed by atoms with Gasteiger partial charge in [0.25, 0.3) is 5.91 Å². The molecule has 2 aliphatic heterocycles. The number of aryl methyl sites for hydroxylation is 1. The van der Waals surface area contributed by atoms with Crippen molar-refractivity contribution in [2.75, 3.05) is 25.2 Å². The number of carbonyl (C=O) groups excluding carboxylic acids is 2. The first-order valence-corrected chi connectivity index (χ1v) is 13.2. The molecule has 0 radical (unpaired) electrons. The van der Waals surface area contributed by atoms with Crippen molar-refractivity contribution >= 4 is 28.3 Å². The maximum atomic E-state index is 13.1. The minimum absolute atomic E-state index is 0.0502. The number of aromatic nitrogens is 1. The molecule has 1 unspecified atom stereocenters. The lowest BCUT2D eigenvalue weighted by molar-refractivity contribution is -0.123. The van der Waals surface area contributed by atoms with Crippen LogP contribution in [0.2, 0.25) is 0 Å². The fourth-order valence-corrected chi connectivity index (χ4v) is 6.16. The number of benzene rings is 2. The first-order chi connectivity index (χ1) is 17.6. The van der Waals surface area contributed by atoms with Gasteiger partial charge < -0.3 is 14.8 Å². The average Bonchev–Trinajstić information content (AvgIpc) is 3.61. The van der Waals surface area contributed by atoms with Gasteiger partial charge in [-0.15, -0.1) is 11.3 Å². The molecule has 8 nitrogen and oxygen atoms in total. The van der Waals surface area contributed by atoms with Gasteiger partial charge in [-0.1, -0.05) is 30.3 Å². The second-order valence-corrected chi connectivity index (χ2v) is 10.6. The van der Waals surface area contributed by atoms with E-state index in [1.165, 1.54) is 16.9 Å². The molecule has 1 saturated heterocycles. The van der Waals surface area contributed by atoms with E-state index < -0.39 is 0 Å². The van der Waals surface area contributed by atoms with Gasteiger partial charge >= 0.3 is 0 Å². The van der Waals surface area contributed by atoms with Crippen molar-refractivity contribution in [1.29, 1.82) is 0 Å². The van der Waals surface area contributed by atoms with Crippen LogP contribution in [0.15, 0.2) is 48.5 Å². The quantitative estimate of drug-likeness (QED) is 0.528. The smallest absolute Gasteiger partial charge is 0.257 e. The summed E-state index contributed by atoms with van der Waals surface area (Å²) >= 11 is 1.45. The van der Waals surface area contributed by atoms with E-state index in [1.807, 2.05) is 6.07 Å². The third-order valence-corrected chi connectivity index (χ3v) is 8.12. The number of thiazole rings is 1. The molecule has 6 rings (SSSR count). The van der Waals surface area contributed by atoms with Crippen molar-refractivity contribution in [3.05, 3.63) is 70.2 Å². The maximum absolute atomic E-state index is 13.1. The van der Waals surface area contributed by atoms with Crippen LogP contribution in [0.1, 0.15) is 51.7 Å². The number of hydrogen-bond donors (Lipinski definition) is 2. The van der Waals surface area contributed by atoms with Crippen LogP contribution in [0, 0.1) is 0 Å². The number of likely N-dealkylation sites (tertiary alicyclic amines) is 1. The van der Waals surface area contributed by atoms with Gasteiger partial charge in [-0.25, -0.2) is 4.98 Å². The van der Waals surface area contributed by atoms with Crippen molar-refractivity contribution < 1.29 is 19.1 Å². The number of nitrogens with one attached hydrogen (secondary N) is 2. The summed E-state index contributed by atoms with van der Waals surface area (Å²) in [6.45, 7) is 3.06. The van der Waals surface area contributed by atoms with E-state index in [9.17, 15) is 9.59 Å². The van der Waals surface area contributed by atoms with Crippen molar-refractivity contribution in [1.82, 2.24) is 15.2 Å². The van der Waals surface area contributed by atoms with E-state index in [4.69, 9.17) is 9.47 Å². The van der Waals surface area contributed by atoms with Crippen LogP contribution >= 0.6 is 11.3 Å². The molecule has 1 atom stereocenters. The Bertz CT molecular complexity index is 1270. The van der Waals surface area contributed by atoms with Crippen LogP contribution in [0.25, 0.3) is 0 Å². The molecule has 1 aromatic heterocycles. The molecule has 2 aromatic carbocycles. The summed E-state index contributed by atoms with van der Waals surface area (Å²) in [5, 5.41) is 6.67. The van der Waals surface area contributed by atoms with Gasteiger partial charge in [0.1, 0.15) is 0 Å². The van der Waals surface area contributed by atoms with Gasteiger partial charge in [0, 0.05) is 36.1 Å². The van der Waals surface area contributed by atoms with Crippen molar-refractivity contribution in [2.24, 2.45) is 0 Å². The first kappa shape index (κ1) is 23.0. The Morgan fingerprint density at radius 2 is 1.83 bits per heavy atom. The number of carbonyl (C=O) groups is 2. The molecule has 9 heteroatoms. The Morgan fingerprint density at radius 3 is 2.67 bits per heavy atom. The highest BCUT2D eigenvalue weighted by Gasteiger charge is 2.34. The zero-order chi connectivity index (χ0) is 24.5. The summed E-state index contributed by atoms with van der Waals surface area (Å²) < 4.78 is 10.7. The number of rotatable bonds is 6. The standard InChI is InChI=1S/C27H28N4O4S/c32-25(18-6-8-21-22(14-18)35-16-34-21)30-27-29-24-20(7-9-23(24)36-27)26(33)28-19-10-12-31(13-11-19)15-17-4-2-1-3-5-17/h1-6,8,14,19-20H,7,9-13,15-16H2,(H,28,33)(H,29,30,32). The number of piperidine rings is 1. The van der Waals surface area contributed by atoms with Gasteiger partial charge in [0.05, 0.1) is 11.6 Å². The van der Waals surface area contributed by atoms with Gasteiger partial charge in [-0.3, -0.25) is 19.8 Å². The van der Waals surface area contributed by atoms with E-state index >= 15 is 0 Å². The third-order valence-electron chi connectivity index (χ3n) is 7.07. The molecule has 1 aliphatic carbocycles. The van der Waals surface area contributed by atoms with Crippen LogP contribution in [-0.2, 0) is 17.8 Å². The Morgan fingerprint density at radius 1 is 1.03 bits per heavy atom. The van der Waals surface area contributed by atoms with Crippen LogP contribution in [0.4, 0.5) is 5.13 Å². The van der Waals surface area contributed by atoms with E-state index in [0.717, 1.165) is 55.9 Å². The summed E-state index contributed by atoms with van der Waals surface area (Å²) in [6.07, 6.45) is 3.47. The van der Waals surface area contributed by atoms with E-state index in [2.05, 4.69) is 44.8 Å². The highest BCUT2D eigenvalue weighted by molar-refractivity contribution is 7.16. The van der Waals surface area contributed by atoms with Gasteiger partial charge in [-0.05, 0) is 49.4 Å². The highest BCUT2D eigenvalue weighted by atomic mass is 32.1. The largest absolute Gasteiger partial charge is 0.454 e. The van der Waals surface area contributed by atoms with Crippen molar-refractivity contribution in [3.8, 4) is 11.5 Å². The molecule has 1 fully saturated rings. The molecule has 3 heterocycles. The Labute approximate surface area is 213 Å². The minimum Gasteiger partial charge on any atom is -0.454 e. The van der Waals surface area contributed by atoms with Gasteiger partial charge in [0.2, 0.25) is 12.7 Å². The molecule has 0 saturated carbocycles. The summed E-state index contributed by atoms with van der Waals surface area (Å²) in [5.74, 6) is 0.732. The molecule has 2 amide bonds. The summed E-state index contributed by atoms with van der Waals surface area (Å²) in [5.41, 5.74) is 2.60. The molecular formula is C27H28N4O4S. The second kappa shape index (κ2) is 9.91. The summed E-state index contributed by atoms with van der Waals surface area (Å²) in [6, 6.07) is 15.8. The Hall–Kier alpha value is -3.43. The zero-order valence-corrected chi connectivity index (χ0v) is 20.7. The van der Waals surface area contributed by atoms with Gasteiger partial charge in [0.15, 0.2) is 16.6 Å². The minimum atomic E-state index is -0.260. The monoisotopic (exact) mass is 504 g/mol. The average molecular weight is 505 g/mol. The number of ether oxygens (including phenoxy) is 2. The zero-order valence-electron chi connectivity index (χ0n) is 19.9. The SMILES string of the molecule is O=C(Nc1nc2c(s1)CCC2C(=O)NC1CCN(Cc2ccccc2)CC1)c1ccc2c(c1)OCO2. The molecule has 0 spiro atoms. The fraction of sp³-hybridized carbons (Fsp3) is 0.370. The number of nitrogens with zero attached hydrogens (tertiary/aromatic N) is 2. The van der Waals surface area contributed by atoms with E-state index in [0.29, 0.717) is 22.2 Å². The summed E-state index contributed by atoms with van der Waals surface area (Å²) in [7, 11) is 0. The Kier molecular flexibility index (Phi) is 6.33. The van der Waals surface area contributed by atoms with Crippen molar-refractivity contribution in [3.63, 3.8) is 0 Å². The molecule has 3 aromatic rings. The maximum Gasteiger partial charge on any atom is 0.257 e. The van der Waals surface area contributed by atoms with Crippen LogP contribution < -0.4 is 20.1 Å². The number of amides is 2. The normalized spacial score (nSPS) is 19.2. The number of fused-ring (bicyclic) bond motifs is 2. The third kappa shape index (κ3) is 4.81. The highest BCUT2D eigenvalue weighted by Crippen LogP contribution is 2.39. The predicted molar refractivity (Wildman–Crippen MR) is 137 cm³/mol. The number of hydrogen-bond acceptors (Lipinski definition) is 7. The van der Waals surface area contributed by atoms with Crippen LogP contribution in [0.3, 0.4) is 0 Å². The number of anilines is 1. The van der Waals surface area contributed by atoms with Gasteiger partial charge in [-0.2, -0.15) is 0 Å². The van der Waals surface area contributed by atoms with E-state index in [1.54, 1.807) is 18.2 Å². The molecular weight excluding hydrogens is 476 g/mol. The fourth-order valence-electron chi connectivity index (χ4n) is 5.12. The topological polar surface area (TPSA) is 92.8 Å². The van der Waals surface area contributed by atoms with Crippen LogP contribution in [-0.4, -0.2) is 47.6 Å². The van der Waals surface area contributed by atoms with E-state index in [-0.39, 0.29) is 30.6 Å². The molecule has 3 aliphatic rings. The lowest BCUT2D eigenvalue weighted by atomic mass is 10.0. The lowest BCUT2D eigenvalue weighted by Crippen LogP contribution is -2.45. The predicted octanol–water partition coefficient (Wildman–Crippen LogP) is 3.93. The Balaban J connectivity index is 1.03. The lowest BCUT2D eigenvalue weighted by Gasteiger charge is -2.32. The molecule has 0 bridgehead atoms.